The highest BCUT2D eigenvalue weighted by molar-refractivity contribution is 7.09. The average molecular weight is 210 g/mol. The van der Waals surface area contributed by atoms with Crippen molar-refractivity contribution < 1.29 is 0 Å². The summed E-state index contributed by atoms with van der Waals surface area (Å²) < 4.78 is 0. The summed E-state index contributed by atoms with van der Waals surface area (Å²) in [6, 6.07) is 0.666. The van der Waals surface area contributed by atoms with Gasteiger partial charge in [-0.1, -0.05) is 12.8 Å². The third-order valence-electron chi connectivity index (χ3n) is 3.19. The molecule has 1 aromatic rings. The molecular formula is C11H18N2S. The number of nitrogens with one attached hydrogen (secondary N) is 1. The molecule has 1 unspecified atom stereocenters. The van der Waals surface area contributed by atoms with E-state index in [1.807, 2.05) is 11.7 Å². The van der Waals surface area contributed by atoms with E-state index in [2.05, 4.69) is 17.2 Å². The Morgan fingerprint density at radius 3 is 3.00 bits per heavy atom. The van der Waals surface area contributed by atoms with Crippen LogP contribution in [0.15, 0.2) is 11.7 Å². The van der Waals surface area contributed by atoms with Gasteiger partial charge in [0.15, 0.2) is 0 Å². The summed E-state index contributed by atoms with van der Waals surface area (Å²) in [7, 11) is 0. The number of thiazole rings is 1. The van der Waals surface area contributed by atoms with Crippen molar-refractivity contribution in [3.8, 4) is 0 Å². The molecule has 1 fully saturated rings. The van der Waals surface area contributed by atoms with Crippen LogP contribution < -0.4 is 5.32 Å². The van der Waals surface area contributed by atoms with E-state index in [1.165, 1.54) is 30.6 Å². The van der Waals surface area contributed by atoms with Crippen LogP contribution >= 0.6 is 11.3 Å². The van der Waals surface area contributed by atoms with Crippen LogP contribution in [-0.2, 0) is 6.54 Å². The Morgan fingerprint density at radius 1 is 1.57 bits per heavy atom. The molecule has 1 saturated carbocycles. The summed E-state index contributed by atoms with van der Waals surface area (Å²) in [5, 5.41) is 3.60. The minimum absolute atomic E-state index is 0.666. The zero-order valence-corrected chi connectivity index (χ0v) is 9.52. The molecule has 0 aromatic carbocycles. The fraction of sp³-hybridized carbons (Fsp3) is 0.727. The molecule has 0 spiro atoms. The van der Waals surface area contributed by atoms with Gasteiger partial charge in [0.1, 0.15) is 0 Å². The number of hydrogen-bond acceptors (Lipinski definition) is 3. The minimum Gasteiger partial charge on any atom is -0.309 e. The van der Waals surface area contributed by atoms with Gasteiger partial charge in [0.05, 0.1) is 5.51 Å². The first-order valence-corrected chi connectivity index (χ1v) is 6.35. The van der Waals surface area contributed by atoms with E-state index in [4.69, 9.17) is 0 Å². The van der Waals surface area contributed by atoms with E-state index < -0.39 is 0 Å². The third kappa shape index (κ3) is 2.55. The molecule has 3 heteroatoms. The molecule has 2 rings (SSSR count). The molecule has 0 amide bonds. The van der Waals surface area contributed by atoms with Gasteiger partial charge in [-0.3, -0.25) is 4.98 Å². The number of aromatic nitrogens is 1. The van der Waals surface area contributed by atoms with Gasteiger partial charge in [-0.05, 0) is 25.7 Å². The van der Waals surface area contributed by atoms with Crippen molar-refractivity contribution in [3.63, 3.8) is 0 Å². The summed E-state index contributed by atoms with van der Waals surface area (Å²) in [4.78, 5) is 5.42. The summed E-state index contributed by atoms with van der Waals surface area (Å²) in [5.74, 6) is 0.905. The molecule has 1 aromatic heterocycles. The first-order chi connectivity index (χ1) is 6.86. The first-order valence-electron chi connectivity index (χ1n) is 5.47. The van der Waals surface area contributed by atoms with Crippen molar-refractivity contribution in [2.24, 2.45) is 5.92 Å². The quantitative estimate of drug-likeness (QED) is 0.826. The fourth-order valence-electron chi connectivity index (χ4n) is 2.22. The minimum atomic E-state index is 0.666. The van der Waals surface area contributed by atoms with E-state index in [1.54, 1.807) is 11.3 Å². The summed E-state index contributed by atoms with van der Waals surface area (Å²) >= 11 is 1.73. The standard InChI is InChI=1S/C11H18N2S/c1-9(10-4-2-3-5-10)13-7-11-6-12-8-14-11/h6,8-10,13H,2-5,7H2,1H3. The second-order valence-corrected chi connectivity index (χ2v) is 5.15. The SMILES string of the molecule is CC(NCc1cncs1)C1CCCC1. The Balaban J connectivity index is 1.74. The average Bonchev–Trinajstić information content (AvgIpc) is 2.87. The molecule has 1 N–H and O–H groups in total. The number of nitrogens with zero attached hydrogens (tertiary/aromatic N) is 1. The van der Waals surface area contributed by atoms with Gasteiger partial charge >= 0.3 is 0 Å². The maximum atomic E-state index is 4.08. The van der Waals surface area contributed by atoms with Crippen LogP contribution in [0.4, 0.5) is 0 Å². The fourth-order valence-corrected chi connectivity index (χ4v) is 2.76. The lowest BCUT2D eigenvalue weighted by molar-refractivity contribution is 0.381. The molecular weight excluding hydrogens is 192 g/mol. The molecule has 0 saturated heterocycles. The topological polar surface area (TPSA) is 24.9 Å². The van der Waals surface area contributed by atoms with Gasteiger partial charge in [-0.15, -0.1) is 11.3 Å². The summed E-state index contributed by atoms with van der Waals surface area (Å²) in [6.07, 6.45) is 7.64. The Labute approximate surface area is 89.8 Å². The third-order valence-corrected chi connectivity index (χ3v) is 3.97. The molecule has 1 aliphatic rings. The largest absolute Gasteiger partial charge is 0.309 e. The number of hydrogen-bond donors (Lipinski definition) is 1. The molecule has 0 radical (unpaired) electrons. The van der Waals surface area contributed by atoms with E-state index in [0.717, 1.165) is 12.5 Å². The van der Waals surface area contributed by atoms with Gasteiger partial charge < -0.3 is 5.32 Å². The van der Waals surface area contributed by atoms with Crippen molar-refractivity contribution in [1.82, 2.24) is 10.3 Å². The molecule has 2 nitrogen and oxygen atoms in total. The molecule has 1 heterocycles. The van der Waals surface area contributed by atoms with Crippen LogP contribution in [0.1, 0.15) is 37.5 Å². The van der Waals surface area contributed by atoms with Gasteiger partial charge in [-0.25, -0.2) is 0 Å². The molecule has 78 valence electrons. The van der Waals surface area contributed by atoms with Crippen LogP contribution in [0.5, 0.6) is 0 Å². The zero-order chi connectivity index (χ0) is 9.80. The summed E-state index contributed by atoms with van der Waals surface area (Å²) in [6.45, 7) is 3.30. The van der Waals surface area contributed by atoms with Gasteiger partial charge in [0.2, 0.25) is 0 Å². The summed E-state index contributed by atoms with van der Waals surface area (Å²) in [5.41, 5.74) is 1.90. The zero-order valence-electron chi connectivity index (χ0n) is 8.70. The molecule has 1 aliphatic carbocycles. The maximum Gasteiger partial charge on any atom is 0.0794 e. The highest BCUT2D eigenvalue weighted by atomic mass is 32.1. The highest BCUT2D eigenvalue weighted by Gasteiger charge is 2.20. The lowest BCUT2D eigenvalue weighted by Crippen LogP contribution is -2.31. The van der Waals surface area contributed by atoms with Gasteiger partial charge in [0.25, 0.3) is 0 Å². The molecule has 0 aliphatic heterocycles. The van der Waals surface area contributed by atoms with E-state index in [9.17, 15) is 0 Å². The first kappa shape index (κ1) is 10.1. The predicted molar refractivity (Wildman–Crippen MR) is 60.4 cm³/mol. The lowest BCUT2D eigenvalue weighted by Gasteiger charge is -2.19. The second-order valence-electron chi connectivity index (χ2n) is 4.18. The Hall–Kier alpha value is -0.410. The molecule has 1 atom stereocenters. The smallest absolute Gasteiger partial charge is 0.0794 e. The van der Waals surface area contributed by atoms with Crippen molar-refractivity contribution in [2.45, 2.75) is 45.2 Å². The second kappa shape index (κ2) is 4.89. The van der Waals surface area contributed by atoms with E-state index >= 15 is 0 Å². The maximum absolute atomic E-state index is 4.08. The Bertz CT molecular complexity index is 252. The van der Waals surface area contributed by atoms with E-state index in [0.29, 0.717) is 6.04 Å². The normalized spacial score (nSPS) is 20.1. The monoisotopic (exact) mass is 210 g/mol. The molecule has 14 heavy (non-hydrogen) atoms. The van der Waals surface area contributed by atoms with Crippen molar-refractivity contribution >= 4 is 11.3 Å². The van der Waals surface area contributed by atoms with Crippen LogP contribution in [-0.4, -0.2) is 11.0 Å². The van der Waals surface area contributed by atoms with Crippen LogP contribution in [0.3, 0.4) is 0 Å². The predicted octanol–water partition coefficient (Wildman–Crippen LogP) is 2.81. The molecule has 0 bridgehead atoms. The van der Waals surface area contributed by atoms with Crippen molar-refractivity contribution in [2.75, 3.05) is 0 Å². The van der Waals surface area contributed by atoms with Crippen molar-refractivity contribution in [3.05, 3.63) is 16.6 Å². The van der Waals surface area contributed by atoms with Crippen LogP contribution in [0.25, 0.3) is 0 Å². The van der Waals surface area contributed by atoms with Crippen LogP contribution in [0.2, 0.25) is 0 Å². The van der Waals surface area contributed by atoms with Crippen LogP contribution in [0, 0.1) is 5.92 Å². The van der Waals surface area contributed by atoms with Gasteiger partial charge in [-0.2, -0.15) is 0 Å². The number of rotatable bonds is 4. The van der Waals surface area contributed by atoms with Crippen molar-refractivity contribution in [1.29, 1.82) is 0 Å². The van der Waals surface area contributed by atoms with E-state index in [-0.39, 0.29) is 0 Å². The Kier molecular flexibility index (Phi) is 3.54. The van der Waals surface area contributed by atoms with Gasteiger partial charge in [0, 0.05) is 23.7 Å². The highest BCUT2D eigenvalue weighted by Crippen LogP contribution is 2.27. The Morgan fingerprint density at radius 2 is 2.36 bits per heavy atom. The lowest BCUT2D eigenvalue weighted by atomic mass is 10.00.